The molecule has 556 valence electrons. The van der Waals surface area contributed by atoms with Crippen molar-refractivity contribution in [3.8, 4) is 106 Å². The van der Waals surface area contributed by atoms with Crippen LogP contribution in [0.1, 0.15) is 44.5 Å². The van der Waals surface area contributed by atoms with E-state index in [-0.39, 0.29) is 0 Å². The van der Waals surface area contributed by atoms with E-state index in [4.69, 9.17) is 4.42 Å². The van der Waals surface area contributed by atoms with Crippen molar-refractivity contribution in [2.45, 2.75) is 10.8 Å². The summed E-state index contributed by atoms with van der Waals surface area (Å²) in [6.07, 6.45) is 0. The van der Waals surface area contributed by atoms with Gasteiger partial charge in [-0.1, -0.05) is 309 Å². The van der Waals surface area contributed by atoms with Crippen molar-refractivity contribution < 1.29 is 4.42 Å². The molecule has 4 aliphatic carbocycles. The Kier molecular flexibility index (Phi) is 14.1. The van der Waals surface area contributed by atoms with Gasteiger partial charge in [0.2, 0.25) is 0 Å². The summed E-state index contributed by atoms with van der Waals surface area (Å²) in [5.74, 6) is 0. The average Bonchev–Trinajstić information content (AvgIpc) is 1.51. The Morgan fingerprint density at radius 3 is 0.792 bits per heavy atom. The lowest BCUT2D eigenvalue weighted by molar-refractivity contribution is 0.669. The number of para-hydroxylation sites is 7. The lowest BCUT2D eigenvalue weighted by Gasteiger charge is -2.30. The summed E-state index contributed by atoms with van der Waals surface area (Å²) in [4.78, 5) is 0. The molecule has 1 atom stereocenters. The predicted octanol–water partition coefficient (Wildman–Crippen LogP) is 29.9. The number of nitrogens with zero attached hydrogens (tertiary/aromatic N) is 3. The third-order valence-electron chi connectivity index (χ3n) is 26.9. The van der Waals surface area contributed by atoms with Gasteiger partial charge in [-0.2, -0.15) is 0 Å². The highest BCUT2D eigenvalue weighted by Crippen LogP contribution is 2.66. The molecule has 0 N–H and O–H groups in total. The zero-order valence-corrected chi connectivity index (χ0v) is 65.2. The van der Waals surface area contributed by atoms with Gasteiger partial charge >= 0.3 is 0 Å². The lowest BCUT2D eigenvalue weighted by atomic mass is 9.70. The Balaban J connectivity index is 0.000000136. The molecular weight excluding hydrogens is 1450 g/mol. The summed E-state index contributed by atoms with van der Waals surface area (Å²) in [5, 5.41) is 9.91. The van der Waals surface area contributed by atoms with Gasteiger partial charge in [0, 0.05) is 60.2 Å². The van der Waals surface area contributed by atoms with Crippen LogP contribution in [0, 0.1) is 0 Å². The van der Waals surface area contributed by atoms with E-state index >= 15 is 0 Å². The Labute approximate surface area is 692 Å². The van der Waals surface area contributed by atoms with Crippen molar-refractivity contribution in [3.05, 3.63) is 475 Å². The monoisotopic (exact) mass is 1520 g/mol. The van der Waals surface area contributed by atoms with Crippen LogP contribution in [-0.2, 0) is 10.8 Å². The standard InChI is InChI=1S/C67H42N2.C49H29NO/c1-3-17-43(18-4-1)46-37-47(44-19-5-2-6-20-44)39-48(38-46)45-31-34-60-56(40-45)51-21-7-12-26-59(51)67(60)61-35-32-49(68-63-27-13-8-22-52(63)53-23-9-14-28-64(53)68)41-57(61)58-42-50(33-36-62(58)67)69-65-29-15-10-24-54(65)55-25-11-16-30-66(55)69;1-6-16-41-33(11-1)38-27-30(31-22-26-48-40(28-31)37-15-5-10-20-47(37)51-48)21-24-43(38)49(41)42-17-7-2-12-34(42)39-29-32(23-25-44(39)49)50-45-18-8-3-13-35(45)36-14-4-9-19-46(36)50/h1-42H;1-29H. The number of fused-ring (bicyclic) bond motifs is 32. The van der Waals surface area contributed by atoms with Gasteiger partial charge in [-0.25, -0.2) is 0 Å². The number of benzene rings is 19. The zero-order valence-electron chi connectivity index (χ0n) is 65.2. The quantitative estimate of drug-likeness (QED) is 0.156. The summed E-state index contributed by atoms with van der Waals surface area (Å²) in [5.41, 5.74) is 42.3. The second-order valence-electron chi connectivity index (χ2n) is 32.8. The SMILES string of the molecule is c1ccc(-c2cc(-c3ccccc3)cc(-c3ccc4c(c3)-c3ccccc3C43c4ccc(-n5c6ccccc6c6ccccc65)cc4-c4cc(-n5c6ccccc6c6ccccc65)ccc43)c2)cc1.c1ccc2c(c1)-c1cc(-c3ccc4oc5ccccc5c4c3)ccc1C21c2ccccc2-c2cc(-n3c4ccccc4c4ccccc43)ccc21. The predicted molar refractivity (Wildman–Crippen MR) is 498 cm³/mol. The second kappa shape index (κ2) is 25.4. The van der Waals surface area contributed by atoms with Crippen LogP contribution in [0.4, 0.5) is 0 Å². The number of rotatable bonds is 7. The van der Waals surface area contributed by atoms with Crippen molar-refractivity contribution in [3.63, 3.8) is 0 Å². The largest absolute Gasteiger partial charge is 0.456 e. The molecule has 4 aromatic heterocycles. The molecule has 4 nitrogen and oxygen atoms in total. The molecule has 4 heteroatoms. The topological polar surface area (TPSA) is 27.9 Å². The molecule has 0 aliphatic heterocycles. The highest BCUT2D eigenvalue weighted by atomic mass is 16.3. The fraction of sp³-hybridized carbons (Fsp3) is 0.0172. The van der Waals surface area contributed by atoms with Gasteiger partial charge in [0.1, 0.15) is 11.2 Å². The zero-order chi connectivity index (χ0) is 78.5. The number of furan rings is 1. The molecule has 0 amide bonds. The summed E-state index contributed by atoms with van der Waals surface area (Å²) in [6, 6.07) is 160. The third-order valence-corrected chi connectivity index (χ3v) is 26.9. The van der Waals surface area contributed by atoms with Gasteiger partial charge in [0.25, 0.3) is 0 Å². The number of hydrogen-bond acceptors (Lipinski definition) is 1. The molecule has 4 heterocycles. The van der Waals surface area contributed by atoms with Gasteiger partial charge in [-0.05, 0) is 255 Å². The molecule has 0 bridgehead atoms. The van der Waals surface area contributed by atoms with Crippen LogP contribution < -0.4 is 0 Å². The van der Waals surface area contributed by atoms with E-state index in [1.54, 1.807) is 0 Å². The van der Waals surface area contributed by atoms with Crippen molar-refractivity contribution in [1.29, 1.82) is 0 Å². The normalized spacial score (nSPS) is 14.1. The Bertz CT molecular complexity index is 7930. The molecular formula is C116H71N3O. The van der Waals surface area contributed by atoms with E-state index in [1.165, 1.54) is 205 Å². The molecule has 0 saturated carbocycles. The van der Waals surface area contributed by atoms with Crippen molar-refractivity contribution in [2.24, 2.45) is 0 Å². The van der Waals surface area contributed by atoms with E-state index in [2.05, 4.69) is 432 Å². The van der Waals surface area contributed by atoms with Crippen molar-refractivity contribution in [1.82, 2.24) is 13.7 Å². The van der Waals surface area contributed by atoms with E-state index in [9.17, 15) is 0 Å². The maximum absolute atomic E-state index is 6.17. The summed E-state index contributed by atoms with van der Waals surface area (Å²) in [6.45, 7) is 0. The number of hydrogen-bond donors (Lipinski definition) is 0. The van der Waals surface area contributed by atoms with Gasteiger partial charge in [0.05, 0.1) is 43.9 Å². The van der Waals surface area contributed by atoms with Crippen molar-refractivity contribution in [2.75, 3.05) is 0 Å². The Hall–Kier alpha value is -15.6. The molecule has 23 aromatic rings. The molecule has 27 rings (SSSR count). The first kappa shape index (κ1) is 66.6. The molecule has 1 unspecified atom stereocenters. The van der Waals surface area contributed by atoms with Gasteiger partial charge < -0.3 is 18.1 Å². The third kappa shape index (κ3) is 9.30. The number of aromatic nitrogens is 3. The van der Waals surface area contributed by atoms with Crippen LogP contribution in [-0.4, -0.2) is 13.7 Å². The van der Waals surface area contributed by atoms with Crippen LogP contribution in [0.25, 0.3) is 193 Å². The summed E-state index contributed by atoms with van der Waals surface area (Å²) < 4.78 is 13.5. The highest BCUT2D eigenvalue weighted by molar-refractivity contribution is 6.13. The molecule has 0 saturated heterocycles. The maximum Gasteiger partial charge on any atom is 0.135 e. The lowest BCUT2D eigenvalue weighted by Crippen LogP contribution is -2.25. The minimum Gasteiger partial charge on any atom is -0.456 e. The first-order chi connectivity index (χ1) is 59.5. The molecule has 120 heavy (non-hydrogen) atoms. The fourth-order valence-corrected chi connectivity index (χ4v) is 22.0. The molecule has 0 fully saturated rings. The highest BCUT2D eigenvalue weighted by Gasteiger charge is 2.54. The van der Waals surface area contributed by atoms with Crippen LogP contribution in [0.5, 0.6) is 0 Å². The molecule has 2 spiro atoms. The van der Waals surface area contributed by atoms with Gasteiger partial charge in [0.15, 0.2) is 0 Å². The summed E-state index contributed by atoms with van der Waals surface area (Å²) in [7, 11) is 0. The van der Waals surface area contributed by atoms with Gasteiger partial charge in [-0.15, -0.1) is 0 Å². The van der Waals surface area contributed by atoms with Gasteiger partial charge in [-0.3, -0.25) is 0 Å². The molecule has 0 radical (unpaired) electrons. The van der Waals surface area contributed by atoms with Crippen LogP contribution >= 0.6 is 0 Å². The molecule has 4 aliphatic rings. The second-order valence-corrected chi connectivity index (χ2v) is 32.8. The van der Waals surface area contributed by atoms with E-state index in [0.717, 1.165) is 33.3 Å². The summed E-state index contributed by atoms with van der Waals surface area (Å²) >= 11 is 0. The van der Waals surface area contributed by atoms with E-state index in [1.807, 2.05) is 12.1 Å². The van der Waals surface area contributed by atoms with Crippen LogP contribution in [0.15, 0.2) is 435 Å². The smallest absolute Gasteiger partial charge is 0.135 e. The first-order valence-electron chi connectivity index (χ1n) is 41.7. The van der Waals surface area contributed by atoms with Crippen LogP contribution in [0.3, 0.4) is 0 Å². The minimum atomic E-state index is -0.533. The first-order valence-corrected chi connectivity index (χ1v) is 41.7. The van der Waals surface area contributed by atoms with E-state index < -0.39 is 10.8 Å². The average molecular weight is 1520 g/mol. The maximum atomic E-state index is 6.17. The Morgan fingerprint density at radius 2 is 0.408 bits per heavy atom. The minimum absolute atomic E-state index is 0.402. The van der Waals surface area contributed by atoms with E-state index in [0.29, 0.717) is 0 Å². The molecule has 19 aromatic carbocycles. The Morgan fingerprint density at radius 1 is 0.150 bits per heavy atom. The van der Waals surface area contributed by atoms with Crippen LogP contribution in [0.2, 0.25) is 0 Å². The van der Waals surface area contributed by atoms with Crippen molar-refractivity contribution >= 4 is 87.4 Å². The fourth-order valence-electron chi connectivity index (χ4n) is 22.0.